The van der Waals surface area contributed by atoms with Crippen LogP contribution in [0, 0.1) is 5.92 Å². The molecule has 0 saturated carbocycles. The van der Waals surface area contributed by atoms with Gasteiger partial charge in [0.2, 0.25) is 5.91 Å². The third kappa shape index (κ3) is 5.72. The summed E-state index contributed by atoms with van der Waals surface area (Å²) in [7, 11) is 0. The second-order valence-electron chi connectivity index (χ2n) is 7.88. The molecule has 0 bridgehead atoms. The van der Waals surface area contributed by atoms with Crippen molar-refractivity contribution in [3.63, 3.8) is 0 Å². The van der Waals surface area contributed by atoms with Crippen LogP contribution in [-0.4, -0.2) is 62.5 Å². The molecular formula is C20H27NO6S. The lowest BCUT2D eigenvalue weighted by Crippen LogP contribution is -2.68. The van der Waals surface area contributed by atoms with Crippen LogP contribution in [0.1, 0.15) is 34.1 Å². The highest BCUT2D eigenvalue weighted by Gasteiger charge is 2.54. The van der Waals surface area contributed by atoms with Crippen LogP contribution in [0.4, 0.5) is 0 Å². The number of aliphatic hydroxyl groups excluding tert-OH is 1. The van der Waals surface area contributed by atoms with Gasteiger partial charge in [0, 0.05) is 10.1 Å². The molecule has 8 heteroatoms. The molecule has 2 N–H and O–H groups in total. The van der Waals surface area contributed by atoms with Crippen LogP contribution >= 0.6 is 11.8 Å². The molecule has 0 radical (unpaired) electrons. The number of β-lactam (4-membered cyclic amide) rings is 1. The summed E-state index contributed by atoms with van der Waals surface area (Å²) in [6, 6.07) is 8.68. The molecule has 4 atom stereocenters. The fourth-order valence-corrected chi connectivity index (χ4v) is 4.64. The van der Waals surface area contributed by atoms with Crippen molar-refractivity contribution < 1.29 is 29.3 Å². The first-order valence-electron chi connectivity index (χ1n) is 9.13. The average molecular weight is 410 g/mol. The van der Waals surface area contributed by atoms with Crippen LogP contribution in [-0.2, 0) is 19.1 Å². The minimum atomic E-state index is -1.01. The van der Waals surface area contributed by atoms with Gasteiger partial charge in [-0.3, -0.25) is 14.4 Å². The molecule has 1 aliphatic rings. The van der Waals surface area contributed by atoms with E-state index >= 15 is 0 Å². The monoisotopic (exact) mass is 409 g/mol. The van der Waals surface area contributed by atoms with E-state index in [0.717, 1.165) is 4.90 Å². The molecule has 1 aliphatic heterocycles. The van der Waals surface area contributed by atoms with Gasteiger partial charge in [-0.25, -0.2) is 0 Å². The van der Waals surface area contributed by atoms with Crippen LogP contribution in [0.25, 0.3) is 0 Å². The summed E-state index contributed by atoms with van der Waals surface area (Å²) < 4.78 is 5.30. The highest BCUT2D eigenvalue weighted by molar-refractivity contribution is 8.00. The summed E-state index contributed by atoms with van der Waals surface area (Å²) in [5, 5.41) is 18.9. The summed E-state index contributed by atoms with van der Waals surface area (Å²) in [4.78, 5) is 38.4. The third-order valence-electron chi connectivity index (χ3n) is 4.32. The maximum atomic E-state index is 12.6. The molecule has 28 heavy (non-hydrogen) atoms. The highest BCUT2D eigenvalue weighted by Crippen LogP contribution is 2.40. The van der Waals surface area contributed by atoms with Crippen LogP contribution in [0.5, 0.6) is 0 Å². The first-order chi connectivity index (χ1) is 13.0. The van der Waals surface area contributed by atoms with Gasteiger partial charge in [-0.05, 0) is 39.8 Å². The van der Waals surface area contributed by atoms with Gasteiger partial charge in [-0.2, -0.15) is 0 Å². The van der Waals surface area contributed by atoms with Crippen molar-refractivity contribution in [1.29, 1.82) is 0 Å². The number of carbonyl (C=O) groups is 3. The fraction of sp³-hybridized carbons (Fsp3) is 0.550. The molecule has 154 valence electrons. The highest BCUT2D eigenvalue weighted by atomic mass is 32.2. The Morgan fingerprint density at radius 1 is 1.25 bits per heavy atom. The fourth-order valence-electron chi connectivity index (χ4n) is 3.29. The third-order valence-corrected chi connectivity index (χ3v) is 5.62. The SMILES string of the molecule is CC(O)C1C(=O)N(CC(=O)OC(C)(C)C)C1C(CC(=O)O)Sc1ccccc1. The standard InChI is InChI=1S/C20H27NO6S/c1-12(22)17-18(21(19(17)26)11-16(25)27-20(2,3)4)14(10-15(23)24)28-13-8-6-5-7-9-13/h5-9,12,14,17-18,22H,10-11H2,1-4H3,(H,23,24). The molecule has 1 saturated heterocycles. The second-order valence-corrected chi connectivity index (χ2v) is 9.19. The molecule has 0 aromatic heterocycles. The number of esters is 1. The minimum Gasteiger partial charge on any atom is -0.481 e. The van der Waals surface area contributed by atoms with Crippen LogP contribution in [0.3, 0.4) is 0 Å². The van der Waals surface area contributed by atoms with Gasteiger partial charge in [0.1, 0.15) is 12.1 Å². The van der Waals surface area contributed by atoms with Gasteiger partial charge in [-0.1, -0.05) is 18.2 Å². The number of likely N-dealkylation sites (tertiary alicyclic amines) is 1. The van der Waals surface area contributed by atoms with Crippen molar-refractivity contribution in [2.45, 2.75) is 62.0 Å². The summed E-state index contributed by atoms with van der Waals surface area (Å²) in [5.74, 6) is -2.68. The first kappa shape index (κ1) is 22.2. The lowest BCUT2D eigenvalue weighted by Gasteiger charge is -2.51. The molecule has 4 unspecified atom stereocenters. The van der Waals surface area contributed by atoms with Gasteiger partial charge >= 0.3 is 11.9 Å². The number of carboxylic acid groups (broad SMARTS) is 1. The maximum Gasteiger partial charge on any atom is 0.326 e. The number of benzene rings is 1. The zero-order chi connectivity index (χ0) is 21.1. The van der Waals surface area contributed by atoms with E-state index in [0.29, 0.717) is 0 Å². The molecule has 1 amide bonds. The molecule has 1 aromatic rings. The molecular weight excluding hydrogens is 382 g/mol. The Hall–Kier alpha value is -2.06. The van der Waals surface area contributed by atoms with Crippen LogP contribution < -0.4 is 0 Å². The number of aliphatic hydroxyl groups is 1. The average Bonchev–Trinajstić information content (AvgIpc) is 2.55. The Balaban J connectivity index is 2.25. The van der Waals surface area contributed by atoms with Gasteiger partial charge < -0.3 is 19.8 Å². The largest absolute Gasteiger partial charge is 0.481 e. The van der Waals surface area contributed by atoms with E-state index in [2.05, 4.69) is 0 Å². The smallest absolute Gasteiger partial charge is 0.326 e. The van der Waals surface area contributed by atoms with E-state index in [1.54, 1.807) is 20.8 Å². The van der Waals surface area contributed by atoms with Gasteiger partial charge in [0.05, 0.1) is 24.5 Å². The lowest BCUT2D eigenvalue weighted by atomic mass is 9.80. The predicted octanol–water partition coefficient (Wildman–Crippen LogP) is 2.17. The zero-order valence-electron chi connectivity index (χ0n) is 16.5. The molecule has 1 fully saturated rings. The van der Waals surface area contributed by atoms with Crippen LogP contribution in [0.15, 0.2) is 35.2 Å². The molecule has 1 heterocycles. The molecule has 2 rings (SSSR count). The second kappa shape index (κ2) is 8.96. The Morgan fingerprint density at radius 3 is 2.36 bits per heavy atom. The van der Waals surface area contributed by atoms with Crippen molar-refractivity contribution in [1.82, 2.24) is 4.90 Å². The maximum absolute atomic E-state index is 12.6. The summed E-state index contributed by atoms with van der Waals surface area (Å²) >= 11 is 1.33. The number of ether oxygens (including phenoxy) is 1. The van der Waals surface area contributed by atoms with E-state index in [1.165, 1.54) is 23.6 Å². The normalized spacial score (nSPS) is 21.6. The topological polar surface area (TPSA) is 104 Å². The zero-order valence-corrected chi connectivity index (χ0v) is 17.3. The Bertz CT molecular complexity index is 715. The van der Waals surface area contributed by atoms with Crippen LogP contribution in [0.2, 0.25) is 0 Å². The number of carboxylic acids is 1. The minimum absolute atomic E-state index is 0.203. The summed E-state index contributed by atoms with van der Waals surface area (Å²) in [6.45, 7) is 6.44. The first-order valence-corrected chi connectivity index (χ1v) is 10.0. The Kier molecular flexibility index (Phi) is 7.11. The number of thioether (sulfide) groups is 1. The van der Waals surface area contributed by atoms with Crippen molar-refractivity contribution in [3.8, 4) is 0 Å². The van der Waals surface area contributed by atoms with Gasteiger partial charge in [0.15, 0.2) is 0 Å². The van der Waals surface area contributed by atoms with Gasteiger partial charge in [-0.15, -0.1) is 11.8 Å². The molecule has 1 aromatic carbocycles. The number of nitrogens with zero attached hydrogens (tertiary/aromatic N) is 1. The predicted molar refractivity (Wildman–Crippen MR) is 105 cm³/mol. The quantitative estimate of drug-likeness (QED) is 0.385. The van der Waals surface area contributed by atoms with E-state index in [4.69, 9.17) is 4.74 Å². The van der Waals surface area contributed by atoms with Gasteiger partial charge in [0.25, 0.3) is 0 Å². The number of aliphatic carboxylic acids is 1. The van der Waals surface area contributed by atoms with Crippen molar-refractivity contribution >= 4 is 29.6 Å². The lowest BCUT2D eigenvalue weighted by molar-refractivity contribution is -0.175. The summed E-state index contributed by atoms with van der Waals surface area (Å²) in [6.07, 6.45) is -1.15. The van der Waals surface area contributed by atoms with E-state index in [-0.39, 0.29) is 18.9 Å². The molecule has 0 spiro atoms. The van der Waals surface area contributed by atoms with E-state index in [1.807, 2.05) is 30.3 Å². The number of hydrogen-bond acceptors (Lipinski definition) is 6. The Labute approximate surface area is 169 Å². The van der Waals surface area contributed by atoms with Crippen molar-refractivity contribution in [2.75, 3.05) is 6.54 Å². The number of rotatable bonds is 8. The number of carbonyl (C=O) groups excluding carboxylic acids is 2. The van der Waals surface area contributed by atoms with Crippen molar-refractivity contribution in [3.05, 3.63) is 30.3 Å². The Morgan fingerprint density at radius 2 is 1.86 bits per heavy atom. The molecule has 0 aliphatic carbocycles. The number of hydrogen-bond donors (Lipinski definition) is 2. The molecule has 7 nitrogen and oxygen atoms in total. The van der Waals surface area contributed by atoms with E-state index in [9.17, 15) is 24.6 Å². The van der Waals surface area contributed by atoms with E-state index < -0.39 is 40.9 Å². The van der Waals surface area contributed by atoms with Crippen molar-refractivity contribution in [2.24, 2.45) is 5.92 Å². The summed E-state index contributed by atoms with van der Waals surface area (Å²) in [5.41, 5.74) is -0.691. The number of amides is 1.